The zero-order chi connectivity index (χ0) is 22.6. The molecule has 1 fully saturated rings. The molecule has 31 heavy (non-hydrogen) atoms. The van der Waals surface area contributed by atoms with E-state index in [1.165, 1.54) is 6.20 Å². The van der Waals surface area contributed by atoms with Gasteiger partial charge in [0.2, 0.25) is 0 Å². The number of alkyl halides is 3. The lowest BCUT2D eigenvalue weighted by Gasteiger charge is -2.42. The molecule has 3 rings (SSSR count). The number of aromatic amines is 1. The summed E-state index contributed by atoms with van der Waals surface area (Å²) in [5.74, 6) is -0.474. The molecule has 1 saturated heterocycles. The Bertz CT molecular complexity index is 928. The van der Waals surface area contributed by atoms with Crippen molar-refractivity contribution in [1.29, 1.82) is 0 Å². The summed E-state index contributed by atoms with van der Waals surface area (Å²) in [4.78, 5) is 16.0. The van der Waals surface area contributed by atoms with Gasteiger partial charge in [-0.05, 0) is 43.5 Å². The van der Waals surface area contributed by atoms with Crippen molar-refractivity contribution in [3.63, 3.8) is 0 Å². The van der Waals surface area contributed by atoms with Crippen LogP contribution in [0.15, 0.2) is 23.4 Å². The molecule has 1 atom stereocenters. The number of halogens is 3. The molecule has 2 heterocycles. The van der Waals surface area contributed by atoms with E-state index in [0.717, 1.165) is 22.4 Å². The molecule has 168 valence electrons. The Labute approximate surface area is 178 Å². The predicted octanol–water partition coefficient (Wildman–Crippen LogP) is 2.65. The van der Waals surface area contributed by atoms with Gasteiger partial charge in [-0.3, -0.25) is 9.69 Å². The summed E-state index contributed by atoms with van der Waals surface area (Å²) in [7, 11) is 0. The van der Waals surface area contributed by atoms with Crippen LogP contribution < -0.4 is 10.3 Å². The van der Waals surface area contributed by atoms with Crippen LogP contribution in [0.3, 0.4) is 0 Å². The van der Waals surface area contributed by atoms with Crippen LogP contribution in [0.5, 0.6) is 0 Å². The lowest BCUT2D eigenvalue weighted by atomic mass is 10.0. The van der Waals surface area contributed by atoms with Gasteiger partial charge in [0, 0.05) is 37.9 Å². The molecule has 2 aromatic rings. The normalized spacial score (nSPS) is 18.0. The van der Waals surface area contributed by atoms with Crippen molar-refractivity contribution in [3.05, 3.63) is 40.7 Å². The quantitative estimate of drug-likeness (QED) is 0.536. The van der Waals surface area contributed by atoms with E-state index >= 15 is 0 Å². The van der Waals surface area contributed by atoms with Gasteiger partial charge >= 0.3 is 6.18 Å². The highest BCUT2D eigenvalue weighted by molar-refractivity contribution is 5.92. The highest BCUT2D eigenvalue weighted by Gasteiger charge is 2.31. The zero-order valence-electron chi connectivity index (χ0n) is 17.7. The third-order valence-corrected chi connectivity index (χ3v) is 5.42. The maximum absolute atomic E-state index is 12.5. The fraction of sp³-hybridized carbons (Fsp3) is 0.500. The standard InChI is InChI=1S/C20H26F3N7O/c1-13-8-16(10-24-27-19(31)17-11-25-28-26-17)9-18(15(13)3)30-7-6-29(12-14(30)2)5-4-20(21,22)23/h8-11,14H,4-7,12H2,1-3H3,(H,27,31)(H,25,26,28)/b24-10+/t14-/m0/s1. The predicted molar refractivity (Wildman–Crippen MR) is 111 cm³/mol. The molecule has 0 aliphatic carbocycles. The maximum atomic E-state index is 12.5. The number of amides is 1. The first kappa shape index (κ1) is 22.7. The number of aromatic nitrogens is 3. The molecule has 8 nitrogen and oxygen atoms in total. The Morgan fingerprint density at radius 3 is 2.77 bits per heavy atom. The molecule has 0 unspecified atom stereocenters. The Morgan fingerprint density at radius 1 is 1.35 bits per heavy atom. The van der Waals surface area contributed by atoms with Crippen LogP contribution in [0.1, 0.15) is 40.5 Å². The summed E-state index contributed by atoms with van der Waals surface area (Å²) in [6, 6.07) is 4.02. The number of nitrogens with zero attached hydrogens (tertiary/aromatic N) is 5. The second kappa shape index (κ2) is 9.46. The fourth-order valence-corrected chi connectivity index (χ4v) is 3.65. The third-order valence-electron chi connectivity index (χ3n) is 5.42. The molecule has 2 N–H and O–H groups in total. The first-order chi connectivity index (χ1) is 14.6. The van der Waals surface area contributed by atoms with Crippen LogP contribution in [0.4, 0.5) is 18.9 Å². The number of carbonyl (C=O) groups excluding carboxylic acids is 1. The molecule has 0 spiro atoms. The number of aryl methyl sites for hydroxylation is 1. The molecule has 1 aromatic heterocycles. The summed E-state index contributed by atoms with van der Waals surface area (Å²) in [6.07, 6.45) is -2.07. The Balaban J connectivity index is 1.68. The Kier molecular flexibility index (Phi) is 6.94. The van der Waals surface area contributed by atoms with Gasteiger partial charge in [0.05, 0.1) is 18.8 Å². The van der Waals surface area contributed by atoms with E-state index in [-0.39, 0.29) is 18.3 Å². The van der Waals surface area contributed by atoms with Crippen LogP contribution in [0.25, 0.3) is 0 Å². The number of rotatable bonds is 6. The second-order valence-corrected chi connectivity index (χ2v) is 7.74. The number of hydrogen-bond acceptors (Lipinski definition) is 6. The first-order valence-corrected chi connectivity index (χ1v) is 10.00. The van der Waals surface area contributed by atoms with Gasteiger partial charge in [0.1, 0.15) is 0 Å². The number of nitrogens with one attached hydrogen (secondary N) is 2. The number of H-pyrrole nitrogens is 1. The second-order valence-electron chi connectivity index (χ2n) is 7.74. The molecule has 1 amide bonds. The summed E-state index contributed by atoms with van der Waals surface area (Å²) in [5.41, 5.74) is 6.54. The number of benzene rings is 1. The van der Waals surface area contributed by atoms with E-state index in [1.807, 2.05) is 37.8 Å². The average Bonchev–Trinajstić information content (AvgIpc) is 3.24. The minimum absolute atomic E-state index is 0.0254. The van der Waals surface area contributed by atoms with Crippen molar-refractivity contribution in [2.45, 2.75) is 39.4 Å². The fourth-order valence-electron chi connectivity index (χ4n) is 3.65. The third kappa shape index (κ3) is 6.03. The minimum Gasteiger partial charge on any atom is -0.366 e. The number of anilines is 1. The van der Waals surface area contributed by atoms with E-state index in [1.54, 1.807) is 6.21 Å². The maximum Gasteiger partial charge on any atom is 0.390 e. The van der Waals surface area contributed by atoms with E-state index in [9.17, 15) is 18.0 Å². The van der Waals surface area contributed by atoms with Gasteiger partial charge in [0.25, 0.3) is 5.91 Å². The number of carbonyl (C=O) groups is 1. The summed E-state index contributed by atoms with van der Waals surface area (Å²) in [6.45, 7) is 7.86. The van der Waals surface area contributed by atoms with Crippen molar-refractivity contribution in [2.75, 3.05) is 31.1 Å². The van der Waals surface area contributed by atoms with Gasteiger partial charge in [-0.1, -0.05) is 6.07 Å². The average molecular weight is 437 g/mol. The van der Waals surface area contributed by atoms with E-state index in [0.29, 0.717) is 19.6 Å². The van der Waals surface area contributed by atoms with Gasteiger partial charge in [0.15, 0.2) is 5.69 Å². The van der Waals surface area contributed by atoms with Crippen LogP contribution in [0.2, 0.25) is 0 Å². The van der Waals surface area contributed by atoms with Crippen molar-refractivity contribution in [2.24, 2.45) is 5.10 Å². The van der Waals surface area contributed by atoms with Gasteiger partial charge in [-0.15, -0.1) is 0 Å². The van der Waals surface area contributed by atoms with Gasteiger partial charge in [-0.25, -0.2) is 5.43 Å². The molecular formula is C20H26F3N7O. The summed E-state index contributed by atoms with van der Waals surface area (Å²) >= 11 is 0. The number of piperazine rings is 1. The monoisotopic (exact) mass is 437 g/mol. The highest BCUT2D eigenvalue weighted by atomic mass is 19.4. The van der Waals surface area contributed by atoms with Crippen LogP contribution in [0, 0.1) is 13.8 Å². The first-order valence-electron chi connectivity index (χ1n) is 10.00. The van der Waals surface area contributed by atoms with Gasteiger partial charge < -0.3 is 4.90 Å². The molecule has 1 aromatic carbocycles. The molecule has 0 radical (unpaired) electrons. The van der Waals surface area contributed by atoms with Crippen molar-refractivity contribution < 1.29 is 18.0 Å². The molecular weight excluding hydrogens is 411 g/mol. The highest BCUT2D eigenvalue weighted by Crippen LogP contribution is 2.29. The lowest BCUT2D eigenvalue weighted by Crippen LogP contribution is -2.52. The SMILES string of the molecule is Cc1cc(/C=N/NC(=O)c2cn[nH]n2)cc(N2CCN(CCC(F)(F)F)C[C@@H]2C)c1C. The Hall–Kier alpha value is -2.95. The van der Waals surface area contributed by atoms with E-state index < -0.39 is 18.5 Å². The molecule has 0 bridgehead atoms. The van der Waals surface area contributed by atoms with Crippen LogP contribution in [-0.2, 0) is 0 Å². The Morgan fingerprint density at radius 2 is 2.13 bits per heavy atom. The molecule has 0 saturated carbocycles. The minimum atomic E-state index is -4.13. The van der Waals surface area contributed by atoms with Crippen molar-refractivity contribution in [1.82, 2.24) is 25.7 Å². The van der Waals surface area contributed by atoms with Gasteiger partial charge in [-0.2, -0.15) is 33.7 Å². The van der Waals surface area contributed by atoms with E-state index in [4.69, 9.17) is 0 Å². The zero-order valence-corrected chi connectivity index (χ0v) is 17.7. The summed E-state index contributed by atoms with van der Waals surface area (Å²) < 4.78 is 37.6. The molecule has 11 heteroatoms. The lowest BCUT2D eigenvalue weighted by molar-refractivity contribution is -0.138. The largest absolute Gasteiger partial charge is 0.390 e. The summed E-state index contributed by atoms with van der Waals surface area (Å²) in [5, 5.41) is 13.6. The topological polar surface area (TPSA) is 89.5 Å². The van der Waals surface area contributed by atoms with Crippen LogP contribution >= 0.6 is 0 Å². The molecule has 1 aliphatic heterocycles. The molecule has 1 aliphatic rings. The van der Waals surface area contributed by atoms with Crippen molar-refractivity contribution >= 4 is 17.8 Å². The van der Waals surface area contributed by atoms with Crippen LogP contribution in [-0.4, -0.2) is 70.8 Å². The number of hydrazone groups is 1. The number of hydrogen-bond donors (Lipinski definition) is 2. The van der Waals surface area contributed by atoms with E-state index in [2.05, 4.69) is 30.8 Å². The van der Waals surface area contributed by atoms with Crippen molar-refractivity contribution in [3.8, 4) is 0 Å². The smallest absolute Gasteiger partial charge is 0.366 e.